The summed E-state index contributed by atoms with van der Waals surface area (Å²) < 4.78 is 10.8. The maximum absolute atomic E-state index is 10.8. The molecule has 0 nitrogen and oxygen atoms in total. The molecule has 0 saturated heterocycles. The highest BCUT2D eigenvalue weighted by Crippen LogP contribution is 1.75. The van der Waals surface area contributed by atoms with Gasteiger partial charge in [-0.25, -0.2) is 4.39 Å². The predicted molar refractivity (Wildman–Crippen MR) is 21.0 cm³/mol. The van der Waals surface area contributed by atoms with Crippen molar-refractivity contribution in [3.63, 3.8) is 0 Å². The molecule has 0 aliphatic rings. The van der Waals surface area contributed by atoms with Crippen molar-refractivity contribution in [2.45, 2.75) is 0 Å². The fourth-order valence-electron chi connectivity index (χ4n) is 0.0337. The lowest BCUT2D eigenvalue weighted by Gasteiger charge is -1.60. The maximum atomic E-state index is 10.8. The van der Waals surface area contributed by atoms with E-state index in [-0.39, 0.29) is 0 Å². The average Bonchev–Trinajstić information content (AvgIpc) is 1.41. The molecule has 0 atom stereocenters. The van der Waals surface area contributed by atoms with E-state index < -0.39 is 6.67 Å². The van der Waals surface area contributed by atoms with Crippen LogP contribution in [-0.4, -0.2) is 6.67 Å². The van der Waals surface area contributed by atoms with Gasteiger partial charge in [0.15, 0.2) is 0 Å². The molecule has 0 radical (unpaired) electrons. The molecular formula is C3H4ClF. The SMILES string of the molecule is FCC=CCl. The summed E-state index contributed by atoms with van der Waals surface area (Å²) in [5.41, 5.74) is 1.15. The summed E-state index contributed by atoms with van der Waals surface area (Å²) in [4.78, 5) is 0. The lowest BCUT2D eigenvalue weighted by atomic mass is 10.7. The number of hydrogen-bond acceptors (Lipinski definition) is 0. The van der Waals surface area contributed by atoms with Crippen molar-refractivity contribution < 1.29 is 4.39 Å². The van der Waals surface area contributed by atoms with Gasteiger partial charge in [-0.3, -0.25) is 0 Å². The first kappa shape index (κ1) is 4.96. The maximum Gasteiger partial charge on any atom is 0.109 e. The molecule has 0 bridgehead atoms. The molecule has 0 aromatic carbocycles. The van der Waals surface area contributed by atoms with Crippen LogP contribution in [0.15, 0.2) is 11.6 Å². The number of halogens is 2. The quantitative estimate of drug-likeness (QED) is 0.464. The third-order valence-corrected chi connectivity index (χ3v) is 0.356. The summed E-state index contributed by atoms with van der Waals surface area (Å²) in [6.45, 7) is -0.469. The first-order valence-corrected chi connectivity index (χ1v) is 1.66. The highest BCUT2D eigenvalue weighted by atomic mass is 35.5. The largest absolute Gasteiger partial charge is 0.247 e. The van der Waals surface area contributed by atoms with Gasteiger partial charge in [-0.05, 0) is 6.08 Å². The topological polar surface area (TPSA) is 0 Å². The number of alkyl halides is 1. The second-order valence-electron chi connectivity index (χ2n) is 0.516. The molecule has 5 heavy (non-hydrogen) atoms. The fourth-order valence-corrected chi connectivity index (χ4v) is 0.101. The van der Waals surface area contributed by atoms with E-state index in [0.29, 0.717) is 0 Å². The van der Waals surface area contributed by atoms with Gasteiger partial charge in [-0.15, -0.1) is 0 Å². The highest BCUT2D eigenvalue weighted by molar-refractivity contribution is 6.25. The number of allylic oxidation sites excluding steroid dienone is 1. The number of hydrogen-bond donors (Lipinski definition) is 0. The molecule has 0 fully saturated rings. The van der Waals surface area contributed by atoms with Gasteiger partial charge in [0.05, 0.1) is 0 Å². The van der Waals surface area contributed by atoms with Crippen molar-refractivity contribution in [3.8, 4) is 0 Å². The van der Waals surface area contributed by atoms with E-state index >= 15 is 0 Å². The summed E-state index contributed by atoms with van der Waals surface area (Å²) in [6.07, 6.45) is 1.22. The standard InChI is InChI=1S/C3H4ClF/c4-2-1-3-5/h1-2H,3H2. The van der Waals surface area contributed by atoms with Gasteiger partial charge in [0.1, 0.15) is 6.67 Å². The summed E-state index contributed by atoms with van der Waals surface area (Å²) in [7, 11) is 0. The van der Waals surface area contributed by atoms with Gasteiger partial charge in [0, 0.05) is 5.54 Å². The summed E-state index contributed by atoms with van der Waals surface area (Å²) in [5, 5.41) is 0. The van der Waals surface area contributed by atoms with Crippen molar-refractivity contribution in [1.29, 1.82) is 0 Å². The lowest BCUT2D eigenvalue weighted by molar-refractivity contribution is 0.562. The molecule has 0 aliphatic heterocycles. The smallest absolute Gasteiger partial charge is 0.109 e. The normalized spacial score (nSPS) is 10.0. The lowest BCUT2D eigenvalue weighted by Crippen LogP contribution is -1.51. The van der Waals surface area contributed by atoms with Gasteiger partial charge < -0.3 is 0 Å². The third-order valence-electron chi connectivity index (χ3n) is 0.178. The average molecular weight is 94.5 g/mol. The van der Waals surface area contributed by atoms with Gasteiger partial charge >= 0.3 is 0 Å². The van der Waals surface area contributed by atoms with E-state index in [2.05, 4.69) is 0 Å². The molecule has 0 unspecified atom stereocenters. The first-order chi connectivity index (χ1) is 2.41. The Hall–Kier alpha value is -0.0400. The highest BCUT2D eigenvalue weighted by Gasteiger charge is 1.57. The molecule has 0 saturated carbocycles. The Morgan fingerprint density at radius 3 is 2.40 bits per heavy atom. The van der Waals surface area contributed by atoms with Gasteiger partial charge in [-0.2, -0.15) is 0 Å². The van der Waals surface area contributed by atoms with E-state index in [9.17, 15) is 4.39 Å². The summed E-state index contributed by atoms with van der Waals surface area (Å²) in [5.74, 6) is 0. The van der Waals surface area contributed by atoms with E-state index in [1.807, 2.05) is 0 Å². The minimum atomic E-state index is -0.469. The van der Waals surface area contributed by atoms with E-state index in [1.54, 1.807) is 0 Å². The predicted octanol–water partition coefficient (Wildman–Crippen LogP) is 1.71. The molecule has 2 heteroatoms. The van der Waals surface area contributed by atoms with Crippen LogP contribution in [0.1, 0.15) is 0 Å². The Labute approximate surface area is 35.2 Å². The van der Waals surface area contributed by atoms with Crippen LogP contribution >= 0.6 is 11.6 Å². The Balaban J connectivity index is 2.62. The monoisotopic (exact) mass is 94.0 g/mol. The van der Waals surface area contributed by atoms with Crippen LogP contribution in [0.4, 0.5) is 4.39 Å². The van der Waals surface area contributed by atoms with Crippen LogP contribution in [0.2, 0.25) is 0 Å². The molecule has 0 aromatic rings. The zero-order chi connectivity index (χ0) is 4.12. The number of rotatable bonds is 1. The molecule has 0 rings (SSSR count). The van der Waals surface area contributed by atoms with Crippen LogP contribution in [0.3, 0.4) is 0 Å². The van der Waals surface area contributed by atoms with Crippen LogP contribution in [0.25, 0.3) is 0 Å². The van der Waals surface area contributed by atoms with Gasteiger partial charge in [-0.1, -0.05) is 11.6 Å². The second kappa shape index (κ2) is 3.96. The van der Waals surface area contributed by atoms with Gasteiger partial charge in [0.2, 0.25) is 0 Å². The van der Waals surface area contributed by atoms with Crippen molar-refractivity contribution in [2.24, 2.45) is 0 Å². The minimum Gasteiger partial charge on any atom is -0.247 e. The molecular weight excluding hydrogens is 90.5 g/mol. The van der Waals surface area contributed by atoms with Crippen LogP contribution in [-0.2, 0) is 0 Å². The van der Waals surface area contributed by atoms with E-state index in [1.165, 1.54) is 6.08 Å². The Bertz CT molecular complexity index is 33.9. The third kappa shape index (κ3) is 3.96. The molecule has 0 heterocycles. The van der Waals surface area contributed by atoms with Crippen molar-refractivity contribution in [2.75, 3.05) is 6.67 Å². The van der Waals surface area contributed by atoms with Crippen molar-refractivity contribution >= 4 is 11.6 Å². The minimum absolute atomic E-state index is 0.469. The fraction of sp³-hybridized carbons (Fsp3) is 0.333. The van der Waals surface area contributed by atoms with Gasteiger partial charge in [0.25, 0.3) is 0 Å². The van der Waals surface area contributed by atoms with Crippen molar-refractivity contribution in [1.82, 2.24) is 0 Å². The Morgan fingerprint density at radius 1 is 1.80 bits per heavy atom. The Morgan fingerprint density at radius 2 is 2.40 bits per heavy atom. The molecule has 0 N–H and O–H groups in total. The van der Waals surface area contributed by atoms with E-state index in [0.717, 1.165) is 5.54 Å². The zero-order valence-electron chi connectivity index (χ0n) is 2.62. The molecule has 30 valence electrons. The van der Waals surface area contributed by atoms with Crippen molar-refractivity contribution in [3.05, 3.63) is 11.6 Å². The summed E-state index contributed by atoms with van der Waals surface area (Å²) >= 11 is 4.88. The molecule has 0 spiro atoms. The second-order valence-corrected chi connectivity index (χ2v) is 0.768. The molecule has 0 aromatic heterocycles. The Kier molecular flexibility index (Phi) is 3.93. The molecule has 0 aliphatic carbocycles. The zero-order valence-corrected chi connectivity index (χ0v) is 3.37. The van der Waals surface area contributed by atoms with Crippen LogP contribution in [0.5, 0.6) is 0 Å². The van der Waals surface area contributed by atoms with E-state index in [4.69, 9.17) is 11.6 Å². The molecule has 0 amide bonds. The van der Waals surface area contributed by atoms with Crippen LogP contribution < -0.4 is 0 Å². The first-order valence-electron chi connectivity index (χ1n) is 1.23. The summed E-state index contributed by atoms with van der Waals surface area (Å²) in [6, 6.07) is 0. The van der Waals surface area contributed by atoms with Crippen LogP contribution in [0, 0.1) is 0 Å².